The Hall–Kier alpha value is -2.77. The molecule has 7 heteroatoms. The Kier molecular flexibility index (Phi) is 8.52. The highest BCUT2D eigenvalue weighted by atomic mass is 32.1. The summed E-state index contributed by atoms with van der Waals surface area (Å²) in [6.07, 6.45) is 3.11. The molecule has 0 saturated carbocycles. The highest BCUT2D eigenvalue weighted by molar-refractivity contribution is 7.80. The molecule has 1 amide bonds. The molecule has 3 aromatic rings. The van der Waals surface area contributed by atoms with Gasteiger partial charge in [0, 0.05) is 42.2 Å². The lowest BCUT2D eigenvalue weighted by molar-refractivity contribution is 0.102. The van der Waals surface area contributed by atoms with Crippen LogP contribution in [-0.2, 0) is 0 Å². The summed E-state index contributed by atoms with van der Waals surface area (Å²) in [6, 6.07) is 16.2. The Morgan fingerprint density at radius 2 is 1.91 bits per heavy atom. The Morgan fingerprint density at radius 3 is 2.63 bits per heavy atom. The SMILES string of the molecule is Cc1ccc(NC(=O)c2csc(C3CCN(C(=S)NCCC(C)C)CC3)n2)c(-c2ccccc2)c1. The summed E-state index contributed by atoms with van der Waals surface area (Å²) in [4.78, 5) is 20.1. The monoisotopic (exact) mass is 506 g/mol. The van der Waals surface area contributed by atoms with E-state index in [-0.39, 0.29) is 5.91 Å². The second-order valence-corrected chi connectivity index (χ2v) is 10.9. The van der Waals surface area contributed by atoms with Crippen LogP contribution >= 0.6 is 23.6 Å². The number of nitrogens with zero attached hydrogens (tertiary/aromatic N) is 2. The van der Waals surface area contributed by atoms with Gasteiger partial charge in [-0.1, -0.05) is 55.8 Å². The molecular weight excluding hydrogens is 472 g/mol. The van der Waals surface area contributed by atoms with Crippen LogP contribution in [0.1, 0.15) is 60.1 Å². The Labute approximate surface area is 218 Å². The van der Waals surface area contributed by atoms with Gasteiger partial charge in [0.2, 0.25) is 0 Å². The number of carbonyl (C=O) groups excluding carboxylic acids is 1. The zero-order chi connectivity index (χ0) is 24.8. The number of hydrogen-bond donors (Lipinski definition) is 2. The maximum absolute atomic E-state index is 13.1. The van der Waals surface area contributed by atoms with Crippen LogP contribution in [0.15, 0.2) is 53.9 Å². The molecule has 1 aliphatic rings. The topological polar surface area (TPSA) is 57.3 Å². The minimum absolute atomic E-state index is 0.165. The van der Waals surface area contributed by atoms with Crippen molar-refractivity contribution in [3.63, 3.8) is 0 Å². The van der Waals surface area contributed by atoms with Gasteiger partial charge in [-0.2, -0.15) is 0 Å². The molecule has 2 heterocycles. The van der Waals surface area contributed by atoms with Crippen molar-refractivity contribution in [2.45, 2.75) is 46.0 Å². The number of aromatic nitrogens is 1. The first-order valence-corrected chi connectivity index (χ1v) is 13.6. The van der Waals surface area contributed by atoms with Gasteiger partial charge in [0.25, 0.3) is 5.91 Å². The van der Waals surface area contributed by atoms with Crippen molar-refractivity contribution in [3.8, 4) is 11.1 Å². The molecule has 5 nitrogen and oxygen atoms in total. The number of benzene rings is 2. The molecule has 1 aliphatic heterocycles. The molecule has 35 heavy (non-hydrogen) atoms. The van der Waals surface area contributed by atoms with Crippen molar-refractivity contribution in [1.29, 1.82) is 0 Å². The molecular formula is C28H34N4OS2. The number of aryl methyl sites for hydroxylation is 1. The number of nitrogens with one attached hydrogen (secondary N) is 2. The maximum atomic E-state index is 13.1. The Bertz CT molecular complexity index is 1150. The third-order valence-electron chi connectivity index (χ3n) is 6.39. The number of hydrogen-bond acceptors (Lipinski definition) is 4. The van der Waals surface area contributed by atoms with E-state index in [4.69, 9.17) is 17.2 Å². The second kappa shape index (κ2) is 11.8. The number of piperidine rings is 1. The van der Waals surface area contributed by atoms with Crippen LogP contribution in [0.4, 0.5) is 5.69 Å². The number of likely N-dealkylation sites (tertiary alicyclic amines) is 1. The first-order valence-electron chi connectivity index (χ1n) is 12.4. The van der Waals surface area contributed by atoms with E-state index in [1.165, 1.54) is 0 Å². The first-order chi connectivity index (χ1) is 16.9. The molecule has 0 bridgehead atoms. The van der Waals surface area contributed by atoms with E-state index in [1.807, 2.05) is 35.7 Å². The van der Waals surface area contributed by atoms with Crippen LogP contribution in [0.3, 0.4) is 0 Å². The zero-order valence-electron chi connectivity index (χ0n) is 20.7. The number of rotatable bonds is 7. The molecule has 1 aromatic heterocycles. The number of amides is 1. The molecule has 2 aromatic carbocycles. The fraction of sp³-hybridized carbons (Fsp3) is 0.393. The van der Waals surface area contributed by atoms with E-state index in [1.54, 1.807) is 11.3 Å². The third kappa shape index (κ3) is 6.67. The normalized spacial score (nSPS) is 14.2. The molecule has 1 saturated heterocycles. The quantitative estimate of drug-likeness (QED) is 0.360. The van der Waals surface area contributed by atoms with Gasteiger partial charge in [-0.25, -0.2) is 4.98 Å². The number of anilines is 1. The standard InChI is InChI=1S/C28H34N4OS2/c1-19(2)11-14-29-28(34)32-15-12-22(13-16-32)27-31-25(18-35-27)26(33)30-24-10-9-20(3)17-23(24)21-7-5-4-6-8-21/h4-10,17-19,22H,11-16H2,1-3H3,(H,29,34)(H,30,33). The molecule has 0 atom stereocenters. The van der Waals surface area contributed by atoms with Gasteiger partial charge in [-0.05, 0) is 62.0 Å². The Morgan fingerprint density at radius 1 is 1.17 bits per heavy atom. The van der Waals surface area contributed by atoms with Crippen molar-refractivity contribution in [1.82, 2.24) is 15.2 Å². The number of carbonyl (C=O) groups is 1. The van der Waals surface area contributed by atoms with Gasteiger partial charge >= 0.3 is 0 Å². The predicted octanol–water partition coefficient (Wildman–Crippen LogP) is 6.47. The highest BCUT2D eigenvalue weighted by Crippen LogP contribution is 2.32. The molecule has 0 spiro atoms. The number of thiocarbonyl (C=S) groups is 1. The fourth-order valence-corrected chi connectivity index (χ4v) is 5.55. The van der Waals surface area contributed by atoms with Crippen molar-refractivity contribution < 1.29 is 4.79 Å². The van der Waals surface area contributed by atoms with Gasteiger partial charge in [0.05, 0.1) is 5.01 Å². The second-order valence-electron chi connectivity index (χ2n) is 9.62. The average Bonchev–Trinajstić information content (AvgIpc) is 3.36. The van der Waals surface area contributed by atoms with Gasteiger partial charge in [-0.15, -0.1) is 11.3 Å². The first kappa shape index (κ1) is 25.3. The van der Waals surface area contributed by atoms with E-state index in [0.717, 1.165) is 71.4 Å². The van der Waals surface area contributed by atoms with Crippen molar-refractivity contribution in [2.75, 3.05) is 25.0 Å². The predicted molar refractivity (Wildman–Crippen MR) is 150 cm³/mol. The molecule has 1 fully saturated rings. The lowest BCUT2D eigenvalue weighted by atomic mass is 9.98. The van der Waals surface area contributed by atoms with E-state index >= 15 is 0 Å². The van der Waals surface area contributed by atoms with E-state index in [2.05, 4.69) is 54.5 Å². The molecule has 0 unspecified atom stereocenters. The van der Waals surface area contributed by atoms with Gasteiger partial charge in [0.1, 0.15) is 5.69 Å². The van der Waals surface area contributed by atoms with E-state index in [0.29, 0.717) is 17.5 Å². The van der Waals surface area contributed by atoms with Crippen LogP contribution in [0.25, 0.3) is 11.1 Å². The summed E-state index contributed by atoms with van der Waals surface area (Å²) in [5, 5.41) is 10.3. The molecule has 0 radical (unpaired) electrons. The minimum atomic E-state index is -0.165. The van der Waals surface area contributed by atoms with Gasteiger partial charge < -0.3 is 15.5 Å². The van der Waals surface area contributed by atoms with Crippen LogP contribution < -0.4 is 10.6 Å². The van der Waals surface area contributed by atoms with Crippen molar-refractivity contribution in [3.05, 3.63) is 70.2 Å². The number of thiazole rings is 1. The van der Waals surface area contributed by atoms with E-state index < -0.39 is 0 Å². The third-order valence-corrected chi connectivity index (χ3v) is 7.80. The van der Waals surface area contributed by atoms with Gasteiger partial charge in [-0.3, -0.25) is 4.79 Å². The zero-order valence-corrected chi connectivity index (χ0v) is 22.3. The van der Waals surface area contributed by atoms with Crippen molar-refractivity contribution >= 4 is 40.3 Å². The summed E-state index contributed by atoms with van der Waals surface area (Å²) in [7, 11) is 0. The molecule has 184 valence electrons. The fourth-order valence-electron chi connectivity index (χ4n) is 4.30. The average molecular weight is 507 g/mol. The molecule has 2 N–H and O–H groups in total. The highest BCUT2D eigenvalue weighted by Gasteiger charge is 2.25. The summed E-state index contributed by atoms with van der Waals surface area (Å²) >= 11 is 7.17. The largest absolute Gasteiger partial charge is 0.363 e. The lowest BCUT2D eigenvalue weighted by Gasteiger charge is -2.33. The Balaban J connectivity index is 1.36. The van der Waals surface area contributed by atoms with Crippen LogP contribution in [-0.4, -0.2) is 40.5 Å². The smallest absolute Gasteiger partial charge is 0.275 e. The summed E-state index contributed by atoms with van der Waals surface area (Å²) in [5.41, 5.74) is 4.53. The lowest BCUT2D eigenvalue weighted by Crippen LogP contribution is -2.44. The minimum Gasteiger partial charge on any atom is -0.363 e. The summed E-state index contributed by atoms with van der Waals surface area (Å²) < 4.78 is 0. The summed E-state index contributed by atoms with van der Waals surface area (Å²) in [5.74, 6) is 0.875. The van der Waals surface area contributed by atoms with Crippen LogP contribution in [0.5, 0.6) is 0 Å². The maximum Gasteiger partial charge on any atom is 0.275 e. The van der Waals surface area contributed by atoms with E-state index in [9.17, 15) is 4.79 Å². The molecule has 0 aliphatic carbocycles. The summed E-state index contributed by atoms with van der Waals surface area (Å²) in [6.45, 7) is 9.27. The van der Waals surface area contributed by atoms with Crippen molar-refractivity contribution in [2.24, 2.45) is 5.92 Å². The van der Waals surface area contributed by atoms with Crippen LogP contribution in [0, 0.1) is 12.8 Å². The van der Waals surface area contributed by atoms with Crippen LogP contribution in [0.2, 0.25) is 0 Å². The molecule has 4 rings (SSSR count). The van der Waals surface area contributed by atoms with Gasteiger partial charge in [0.15, 0.2) is 5.11 Å².